The summed E-state index contributed by atoms with van der Waals surface area (Å²) in [6, 6.07) is 13.0. The summed E-state index contributed by atoms with van der Waals surface area (Å²) in [6.45, 7) is 2.10. The van der Waals surface area contributed by atoms with Gasteiger partial charge < -0.3 is 5.32 Å². The lowest BCUT2D eigenvalue weighted by molar-refractivity contribution is 0.582. The fourth-order valence-corrected chi connectivity index (χ4v) is 3.51. The van der Waals surface area contributed by atoms with Crippen molar-refractivity contribution in [1.82, 2.24) is 10.0 Å². The summed E-state index contributed by atoms with van der Waals surface area (Å²) in [4.78, 5) is 0.315. The fourth-order valence-electron chi connectivity index (χ4n) is 2.44. The highest BCUT2D eigenvalue weighted by Crippen LogP contribution is 2.19. The second-order valence-corrected chi connectivity index (χ2v) is 6.92. The summed E-state index contributed by atoms with van der Waals surface area (Å²) in [5, 5.41) is 5.18. The molecule has 21 heavy (non-hydrogen) atoms. The highest BCUT2D eigenvalue weighted by molar-refractivity contribution is 7.89. The summed E-state index contributed by atoms with van der Waals surface area (Å²) in [6.07, 6.45) is 2.94. The van der Waals surface area contributed by atoms with Gasteiger partial charge >= 0.3 is 0 Å². The molecule has 0 saturated heterocycles. The molecule has 0 unspecified atom stereocenters. The van der Waals surface area contributed by atoms with Gasteiger partial charge in [-0.3, -0.25) is 0 Å². The first-order chi connectivity index (χ1) is 10.1. The second-order valence-electron chi connectivity index (χ2n) is 5.15. The molecule has 0 spiro atoms. The van der Waals surface area contributed by atoms with Gasteiger partial charge in [0, 0.05) is 13.1 Å². The van der Waals surface area contributed by atoms with Crippen LogP contribution < -0.4 is 10.0 Å². The van der Waals surface area contributed by atoms with E-state index < -0.39 is 10.0 Å². The van der Waals surface area contributed by atoms with Crippen molar-refractivity contribution in [3.8, 4) is 0 Å². The van der Waals surface area contributed by atoms with Crippen molar-refractivity contribution in [1.29, 1.82) is 0 Å². The van der Waals surface area contributed by atoms with Gasteiger partial charge in [0.2, 0.25) is 10.0 Å². The molecule has 0 aliphatic carbocycles. The molecular formula is C16H18N2O2S. The maximum atomic E-state index is 12.4. The molecule has 110 valence electrons. The Balaban J connectivity index is 1.80. The van der Waals surface area contributed by atoms with E-state index in [0.29, 0.717) is 11.4 Å². The van der Waals surface area contributed by atoms with Crippen LogP contribution in [0.15, 0.2) is 59.0 Å². The van der Waals surface area contributed by atoms with Crippen molar-refractivity contribution < 1.29 is 8.42 Å². The summed E-state index contributed by atoms with van der Waals surface area (Å²) >= 11 is 0. The first-order valence-corrected chi connectivity index (χ1v) is 8.50. The Labute approximate surface area is 124 Å². The predicted molar refractivity (Wildman–Crippen MR) is 84.7 cm³/mol. The van der Waals surface area contributed by atoms with E-state index in [2.05, 4.69) is 10.0 Å². The van der Waals surface area contributed by atoms with Gasteiger partial charge in [0.05, 0.1) is 4.90 Å². The van der Waals surface area contributed by atoms with Crippen LogP contribution in [0.25, 0.3) is 10.8 Å². The van der Waals surface area contributed by atoms with Crippen LogP contribution >= 0.6 is 0 Å². The monoisotopic (exact) mass is 302 g/mol. The Morgan fingerprint density at radius 3 is 2.67 bits per heavy atom. The van der Waals surface area contributed by atoms with E-state index >= 15 is 0 Å². The normalized spacial score (nSPS) is 15.9. The lowest BCUT2D eigenvalue weighted by Crippen LogP contribution is -2.29. The minimum absolute atomic E-state index is 0.315. The van der Waals surface area contributed by atoms with Gasteiger partial charge in [-0.05, 0) is 35.9 Å². The highest BCUT2D eigenvalue weighted by atomic mass is 32.2. The molecular weight excluding hydrogens is 284 g/mol. The van der Waals surface area contributed by atoms with E-state index in [1.165, 1.54) is 0 Å². The molecule has 1 heterocycles. The lowest BCUT2D eigenvalue weighted by Gasteiger charge is -2.15. The maximum Gasteiger partial charge on any atom is 0.240 e. The minimum Gasteiger partial charge on any atom is -0.313 e. The maximum absolute atomic E-state index is 12.4. The molecule has 0 fully saturated rings. The summed E-state index contributed by atoms with van der Waals surface area (Å²) in [5.41, 5.74) is 1.14. The van der Waals surface area contributed by atoms with Crippen molar-refractivity contribution >= 4 is 20.8 Å². The van der Waals surface area contributed by atoms with Gasteiger partial charge in [-0.1, -0.05) is 42.0 Å². The third kappa shape index (κ3) is 3.32. The van der Waals surface area contributed by atoms with Crippen LogP contribution in [0.4, 0.5) is 0 Å². The predicted octanol–water partition coefficient (Wildman–Crippen LogP) is 2.04. The average Bonchev–Trinajstić information content (AvgIpc) is 2.53. The SMILES string of the molecule is O=S(=O)(NCC1=CCNCC1)c1ccc2ccccc2c1. The number of nitrogens with one attached hydrogen (secondary N) is 2. The lowest BCUT2D eigenvalue weighted by atomic mass is 10.1. The molecule has 5 heteroatoms. The number of fused-ring (bicyclic) bond motifs is 1. The van der Waals surface area contributed by atoms with Gasteiger partial charge in [-0.15, -0.1) is 0 Å². The topological polar surface area (TPSA) is 58.2 Å². The van der Waals surface area contributed by atoms with Gasteiger partial charge in [-0.25, -0.2) is 13.1 Å². The van der Waals surface area contributed by atoms with Crippen molar-refractivity contribution in [3.05, 3.63) is 54.1 Å². The molecule has 0 radical (unpaired) electrons. The number of hydrogen-bond acceptors (Lipinski definition) is 3. The molecule has 0 bridgehead atoms. The van der Waals surface area contributed by atoms with Crippen molar-refractivity contribution in [2.75, 3.05) is 19.6 Å². The minimum atomic E-state index is -3.46. The zero-order chi connectivity index (χ0) is 14.7. The van der Waals surface area contributed by atoms with Crippen LogP contribution in [-0.2, 0) is 10.0 Å². The summed E-state index contributed by atoms with van der Waals surface area (Å²) in [7, 11) is -3.46. The van der Waals surface area contributed by atoms with Crippen LogP contribution in [-0.4, -0.2) is 28.1 Å². The van der Waals surface area contributed by atoms with Gasteiger partial charge in [-0.2, -0.15) is 0 Å². The van der Waals surface area contributed by atoms with E-state index in [1.54, 1.807) is 12.1 Å². The highest BCUT2D eigenvalue weighted by Gasteiger charge is 2.15. The molecule has 2 N–H and O–H groups in total. The summed E-state index contributed by atoms with van der Waals surface area (Å²) in [5.74, 6) is 0. The zero-order valence-electron chi connectivity index (χ0n) is 11.7. The van der Waals surface area contributed by atoms with Gasteiger partial charge in [0.15, 0.2) is 0 Å². The van der Waals surface area contributed by atoms with Crippen LogP contribution in [0, 0.1) is 0 Å². The standard InChI is InChI=1S/C16H18N2O2S/c19-21(20,18-12-13-7-9-17-10-8-13)16-6-5-14-3-1-2-4-15(14)11-16/h1-7,11,17-18H,8-10,12H2. The molecule has 2 aromatic carbocycles. The Bertz CT molecular complexity index is 782. The van der Waals surface area contributed by atoms with E-state index in [0.717, 1.165) is 35.9 Å². The third-order valence-corrected chi connectivity index (χ3v) is 5.08. The van der Waals surface area contributed by atoms with Crippen LogP contribution in [0.1, 0.15) is 6.42 Å². The van der Waals surface area contributed by atoms with Crippen molar-refractivity contribution in [2.24, 2.45) is 0 Å². The van der Waals surface area contributed by atoms with Crippen LogP contribution in [0.5, 0.6) is 0 Å². The van der Waals surface area contributed by atoms with Crippen molar-refractivity contribution in [3.63, 3.8) is 0 Å². The molecule has 1 aliphatic heterocycles. The molecule has 0 aromatic heterocycles. The van der Waals surface area contributed by atoms with Crippen LogP contribution in [0.2, 0.25) is 0 Å². The molecule has 2 aromatic rings. The summed E-state index contributed by atoms with van der Waals surface area (Å²) < 4.78 is 27.4. The van der Waals surface area contributed by atoms with E-state index in [9.17, 15) is 8.42 Å². The molecule has 0 atom stereocenters. The Hall–Kier alpha value is -1.69. The van der Waals surface area contributed by atoms with E-state index in [1.807, 2.05) is 36.4 Å². The van der Waals surface area contributed by atoms with Crippen LogP contribution in [0.3, 0.4) is 0 Å². The van der Waals surface area contributed by atoms with Gasteiger partial charge in [0.25, 0.3) is 0 Å². The molecule has 3 rings (SSSR count). The second kappa shape index (κ2) is 5.97. The first-order valence-electron chi connectivity index (χ1n) is 7.02. The largest absolute Gasteiger partial charge is 0.313 e. The Morgan fingerprint density at radius 1 is 1.10 bits per heavy atom. The van der Waals surface area contributed by atoms with E-state index in [4.69, 9.17) is 0 Å². The third-order valence-electron chi connectivity index (χ3n) is 3.68. The van der Waals surface area contributed by atoms with Crippen molar-refractivity contribution in [2.45, 2.75) is 11.3 Å². The molecule has 1 aliphatic rings. The number of rotatable bonds is 4. The fraction of sp³-hybridized carbons (Fsp3) is 0.250. The smallest absolute Gasteiger partial charge is 0.240 e. The van der Waals surface area contributed by atoms with E-state index in [-0.39, 0.29) is 0 Å². The number of benzene rings is 2. The van der Waals surface area contributed by atoms with Gasteiger partial charge in [0.1, 0.15) is 0 Å². The quantitative estimate of drug-likeness (QED) is 0.850. The Kier molecular flexibility index (Phi) is 4.05. The molecule has 0 saturated carbocycles. The zero-order valence-corrected chi connectivity index (χ0v) is 12.5. The first kappa shape index (κ1) is 14.3. The molecule has 0 amide bonds. The Morgan fingerprint density at radius 2 is 1.90 bits per heavy atom. The number of sulfonamides is 1. The molecule has 4 nitrogen and oxygen atoms in total. The average molecular weight is 302 g/mol. The number of hydrogen-bond donors (Lipinski definition) is 2.